The maximum atomic E-state index is 12.6. The van der Waals surface area contributed by atoms with Crippen molar-refractivity contribution in [3.05, 3.63) is 76.6 Å². The molecule has 0 fully saturated rings. The molecule has 0 amide bonds. The van der Waals surface area contributed by atoms with Crippen LogP contribution in [0.1, 0.15) is 33.3 Å². The van der Waals surface area contributed by atoms with Gasteiger partial charge in [0, 0.05) is 17.2 Å². The first-order valence-electron chi connectivity index (χ1n) is 10.0. The van der Waals surface area contributed by atoms with Crippen molar-refractivity contribution in [3.8, 4) is 0 Å². The van der Waals surface area contributed by atoms with Gasteiger partial charge in [-0.25, -0.2) is 0 Å². The van der Waals surface area contributed by atoms with Gasteiger partial charge in [-0.15, -0.1) is 0 Å². The van der Waals surface area contributed by atoms with E-state index in [0.29, 0.717) is 16.9 Å². The van der Waals surface area contributed by atoms with E-state index in [1.165, 1.54) is 30.4 Å². The lowest BCUT2D eigenvalue weighted by atomic mass is 9.90. The van der Waals surface area contributed by atoms with Gasteiger partial charge in [-0.1, -0.05) is 36.7 Å². The third-order valence-electron chi connectivity index (χ3n) is 4.96. The number of hydrogen-bond acceptors (Lipinski definition) is 6. The molecule has 8 heteroatoms. The number of sulfonamides is 1. The van der Waals surface area contributed by atoms with Gasteiger partial charge in [-0.3, -0.25) is 9.59 Å². The summed E-state index contributed by atoms with van der Waals surface area (Å²) in [4.78, 5) is 30.1. The van der Waals surface area contributed by atoms with E-state index in [9.17, 15) is 18.0 Å². The van der Waals surface area contributed by atoms with Crippen LogP contribution in [0.3, 0.4) is 0 Å². The van der Waals surface area contributed by atoms with Gasteiger partial charge < -0.3 is 4.84 Å². The minimum atomic E-state index is -3.97. The average Bonchev–Trinajstić information content (AvgIpc) is 2.70. The molecule has 0 unspecified atom stereocenters. The summed E-state index contributed by atoms with van der Waals surface area (Å²) < 4.78 is 29.1. The van der Waals surface area contributed by atoms with Crippen molar-refractivity contribution in [1.29, 1.82) is 0 Å². The molecule has 2 aliphatic rings. The highest BCUT2D eigenvalue weighted by atomic mass is 32.2. The summed E-state index contributed by atoms with van der Waals surface area (Å²) in [6.07, 6.45) is 5.73. The monoisotopic (exact) mass is 452 g/mol. The van der Waals surface area contributed by atoms with Crippen LogP contribution in [0.4, 0.5) is 0 Å². The Balaban J connectivity index is 1.93. The van der Waals surface area contributed by atoms with Gasteiger partial charge in [0.05, 0.1) is 10.6 Å². The number of ketones is 2. The summed E-state index contributed by atoms with van der Waals surface area (Å²) in [5.41, 5.74) is 2.86. The van der Waals surface area contributed by atoms with Crippen LogP contribution in [0, 0.1) is 12.8 Å². The Kier molecular flexibility index (Phi) is 6.55. The van der Waals surface area contributed by atoms with E-state index in [2.05, 4.69) is 9.55 Å². The number of rotatable bonds is 5. The normalized spacial score (nSPS) is 19.7. The van der Waals surface area contributed by atoms with Crippen molar-refractivity contribution < 1.29 is 22.8 Å². The van der Waals surface area contributed by atoms with E-state index in [4.69, 9.17) is 4.84 Å². The zero-order valence-electron chi connectivity index (χ0n) is 18.5. The Labute approximate surface area is 187 Å². The molecule has 0 saturated carbocycles. The minimum Gasteiger partial charge on any atom is -0.352 e. The molecular weight excluding hydrogens is 428 g/mol. The average molecular weight is 453 g/mol. The lowest BCUT2D eigenvalue weighted by Gasteiger charge is -2.15. The van der Waals surface area contributed by atoms with Crippen LogP contribution in [0.5, 0.6) is 0 Å². The fourth-order valence-corrected chi connectivity index (χ4v) is 4.05. The first-order chi connectivity index (χ1) is 15.0. The topological polar surface area (TPSA) is 102 Å². The number of aryl methyl sites for hydroxylation is 1. The molecule has 0 bridgehead atoms. The van der Waals surface area contributed by atoms with E-state index < -0.39 is 15.8 Å². The van der Waals surface area contributed by atoms with E-state index in [1.54, 1.807) is 32.1 Å². The first-order valence-corrected chi connectivity index (χ1v) is 11.5. The van der Waals surface area contributed by atoms with Crippen LogP contribution in [0.25, 0.3) is 0 Å². The van der Waals surface area contributed by atoms with Crippen molar-refractivity contribution in [3.63, 3.8) is 0 Å². The molecular formula is C24H24N2O5S. The van der Waals surface area contributed by atoms with E-state index >= 15 is 0 Å². The van der Waals surface area contributed by atoms with Crippen molar-refractivity contribution in [2.75, 3.05) is 0 Å². The smallest absolute Gasteiger partial charge is 0.282 e. The number of allylic oxidation sites excluding steroid dienone is 7. The van der Waals surface area contributed by atoms with Gasteiger partial charge >= 0.3 is 0 Å². The number of hydrogen-bond donors (Lipinski definition) is 0. The SMILES string of the molecule is CC1=C/C(=N\S(=O)(=O)c2ccc(C)cc2)C=C(O/N=C2\C=C(C(C)C)C(=O)C=C2C)C1=O. The number of nitrogens with zero attached hydrogens (tertiary/aromatic N) is 2. The quantitative estimate of drug-likeness (QED) is 0.496. The fourth-order valence-electron chi connectivity index (χ4n) is 3.08. The Morgan fingerprint density at radius 2 is 1.53 bits per heavy atom. The third kappa shape index (κ3) is 5.08. The molecule has 0 aliphatic heterocycles. The van der Waals surface area contributed by atoms with Crippen LogP contribution in [0.15, 0.2) is 85.5 Å². The van der Waals surface area contributed by atoms with Gasteiger partial charge in [0.2, 0.25) is 11.5 Å². The molecule has 0 spiro atoms. The van der Waals surface area contributed by atoms with Crippen LogP contribution >= 0.6 is 0 Å². The summed E-state index contributed by atoms with van der Waals surface area (Å²) in [6.45, 7) is 8.91. The Morgan fingerprint density at radius 1 is 0.875 bits per heavy atom. The minimum absolute atomic E-state index is 0.00322. The molecule has 7 nitrogen and oxygen atoms in total. The van der Waals surface area contributed by atoms with Crippen molar-refractivity contribution in [1.82, 2.24) is 0 Å². The molecule has 0 N–H and O–H groups in total. The second kappa shape index (κ2) is 9.00. The summed E-state index contributed by atoms with van der Waals surface area (Å²) in [7, 11) is -3.97. The van der Waals surface area contributed by atoms with Gasteiger partial charge in [0.1, 0.15) is 5.71 Å². The molecule has 0 aromatic heterocycles. The predicted octanol–water partition coefficient (Wildman–Crippen LogP) is 4.02. The van der Waals surface area contributed by atoms with Crippen LogP contribution in [-0.4, -0.2) is 31.4 Å². The number of benzene rings is 1. The number of carbonyl (C=O) groups excluding carboxylic acids is 2. The number of carbonyl (C=O) groups is 2. The predicted molar refractivity (Wildman–Crippen MR) is 123 cm³/mol. The molecule has 0 atom stereocenters. The largest absolute Gasteiger partial charge is 0.352 e. The highest BCUT2D eigenvalue weighted by molar-refractivity contribution is 7.90. The lowest BCUT2D eigenvalue weighted by molar-refractivity contribution is -0.115. The maximum absolute atomic E-state index is 12.6. The highest BCUT2D eigenvalue weighted by Gasteiger charge is 2.24. The van der Waals surface area contributed by atoms with Gasteiger partial charge in [-0.05, 0) is 62.6 Å². The van der Waals surface area contributed by atoms with E-state index in [0.717, 1.165) is 5.56 Å². The fraction of sp³-hybridized carbons (Fsp3) is 0.250. The Morgan fingerprint density at radius 3 is 2.16 bits per heavy atom. The molecule has 32 heavy (non-hydrogen) atoms. The molecule has 0 heterocycles. The summed E-state index contributed by atoms with van der Waals surface area (Å²) >= 11 is 0. The van der Waals surface area contributed by atoms with Crippen LogP contribution in [0.2, 0.25) is 0 Å². The molecule has 3 rings (SSSR count). The maximum Gasteiger partial charge on any atom is 0.282 e. The third-order valence-corrected chi connectivity index (χ3v) is 6.28. The Bertz CT molecular complexity index is 1270. The van der Waals surface area contributed by atoms with E-state index in [-0.39, 0.29) is 33.6 Å². The van der Waals surface area contributed by atoms with Gasteiger partial charge in [0.25, 0.3) is 10.0 Å². The molecule has 0 radical (unpaired) electrons. The van der Waals surface area contributed by atoms with E-state index in [1.807, 2.05) is 20.8 Å². The Hall–Kier alpha value is -3.39. The van der Waals surface area contributed by atoms with Crippen LogP contribution < -0.4 is 0 Å². The standard InChI is InChI=1S/C24H24N2O5S/c1-14(2)20-13-21(16(4)11-22(20)27)25-31-23-12-18(10-17(5)24(23)28)26-32(29,30)19-8-6-15(3)7-9-19/h6-14H,1-5H3/b25-21+,26-18+. The molecule has 166 valence electrons. The second-order valence-electron chi connectivity index (χ2n) is 7.98. The summed E-state index contributed by atoms with van der Waals surface area (Å²) in [5.74, 6) is -0.662. The number of oxime groups is 1. The second-order valence-corrected chi connectivity index (χ2v) is 9.59. The summed E-state index contributed by atoms with van der Waals surface area (Å²) in [6, 6.07) is 6.32. The van der Waals surface area contributed by atoms with Crippen molar-refractivity contribution in [2.24, 2.45) is 15.5 Å². The molecule has 1 aromatic carbocycles. The highest BCUT2D eigenvalue weighted by Crippen LogP contribution is 2.22. The number of Topliss-reactive ketones (excluding diaryl/α,β-unsaturated/α-hetero) is 1. The molecule has 0 saturated heterocycles. The molecule has 2 aliphatic carbocycles. The summed E-state index contributed by atoms with van der Waals surface area (Å²) in [5, 5.41) is 4.04. The lowest BCUT2D eigenvalue weighted by Crippen LogP contribution is -2.17. The zero-order valence-corrected chi connectivity index (χ0v) is 19.4. The van der Waals surface area contributed by atoms with Crippen molar-refractivity contribution in [2.45, 2.75) is 39.5 Å². The van der Waals surface area contributed by atoms with Gasteiger partial charge in [-0.2, -0.15) is 12.8 Å². The first kappa shape index (κ1) is 23.3. The van der Waals surface area contributed by atoms with Gasteiger partial charge in [0.15, 0.2) is 5.78 Å². The molecule has 1 aromatic rings. The van der Waals surface area contributed by atoms with Crippen molar-refractivity contribution >= 4 is 33.0 Å². The van der Waals surface area contributed by atoms with Crippen LogP contribution in [-0.2, 0) is 24.4 Å². The zero-order chi connectivity index (χ0) is 23.6.